The van der Waals surface area contributed by atoms with Gasteiger partial charge in [0.05, 0.1) is 5.60 Å². The molecular formula is C12H25NO. The van der Waals surface area contributed by atoms with Gasteiger partial charge in [0.1, 0.15) is 0 Å². The van der Waals surface area contributed by atoms with E-state index >= 15 is 0 Å². The lowest BCUT2D eigenvalue weighted by molar-refractivity contribution is -0.0312. The Hall–Kier alpha value is -0.0800. The molecule has 1 rings (SSSR count). The first-order valence-corrected chi connectivity index (χ1v) is 6.04. The molecule has 0 aromatic rings. The van der Waals surface area contributed by atoms with E-state index in [4.69, 9.17) is 0 Å². The third kappa shape index (κ3) is 2.71. The Balaban J connectivity index is 2.59. The molecule has 1 heterocycles. The van der Waals surface area contributed by atoms with Crippen molar-refractivity contribution in [2.75, 3.05) is 6.54 Å². The minimum atomic E-state index is -0.543. The quantitative estimate of drug-likeness (QED) is 0.731. The first-order valence-electron chi connectivity index (χ1n) is 6.04. The highest BCUT2D eigenvalue weighted by Gasteiger charge is 2.36. The van der Waals surface area contributed by atoms with Crippen LogP contribution >= 0.6 is 0 Å². The molecule has 0 bridgehead atoms. The summed E-state index contributed by atoms with van der Waals surface area (Å²) >= 11 is 0. The lowest BCUT2D eigenvalue weighted by Gasteiger charge is -2.37. The first-order chi connectivity index (χ1) is 6.59. The van der Waals surface area contributed by atoms with Gasteiger partial charge in [0.15, 0.2) is 0 Å². The molecule has 1 fully saturated rings. The predicted octanol–water partition coefficient (Wildman–Crippen LogP) is 2.32. The average molecular weight is 199 g/mol. The molecule has 0 aliphatic carbocycles. The van der Waals surface area contributed by atoms with Crippen LogP contribution in [0.3, 0.4) is 0 Å². The molecule has 0 spiro atoms. The predicted molar refractivity (Wildman–Crippen MR) is 60.3 cm³/mol. The van der Waals surface area contributed by atoms with Crippen molar-refractivity contribution in [1.82, 2.24) is 5.32 Å². The number of hydrogen-bond donors (Lipinski definition) is 2. The molecule has 1 aliphatic rings. The molecular weight excluding hydrogens is 174 g/mol. The third-order valence-electron chi connectivity index (χ3n) is 3.88. The number of nitrogens with one attached hydrogen (secondary N) is 1. The summed E-state index contributed by atoms with van der Waals surface area (Å²) in [5.41, 5.74) is -0.543. The Bertz CT molecular complexity index is 160. The van der Waals surface area contributed by atoms with Gasteiger partial charge >= 0.3 is 0 Å². The fraction of sp³-hybridized carbons (Fsp3) is 1.00. The summed E-state index contributed by atoms with van der Waals surface area (Å²) in [7, 11) is 0. The summed E-state index contributed by atoms with van der Waals surface area (Å²) in [6.45, 7) is 7.35. The summed E-state index contributed by atoms with van der Waals surface area (Å²) < 4.78 is 0. The van der Waals surface area contributed by atoms with E-state index in [1.807, 2.05) is 6.92 Å². The van der Waals surface area contributed by atoms with E-state index in [2.05, 4.69) is 19.2 Å². The fourth-order valence-corrected chi connectivity index (χ4v) is 2.28. The Morgan fingerprint density at radius 1 is 1.43 bits per heavy atom. The lowest BCUT2D eigenvalue weighted by Crippen LogP contribution is -2.52. The zero-order valence-corrected chi connectivity index (χ0v) is 9.84. The molecule has 84 valence electrons. The van der Waals surface area contributed by atoms with Gasteiger partial charge in [-0.2, -0.15) is 0 Å². The molecule has 1 saturated heterocycles. The van der Waals surface area contributed by atoms with Gasteiger partial charge in [-0.25, -0.2) is 0 Å². The van der Waals surface area contributed by atoms with E-state index in [0.29, 0.717) is 12.0 Å². The van der Waals surface area contributed by atoms with E-state index in [1.54, 1.807) is 0 Å². The summed E-state index contributed by atoms with van der Waals surface area (Å²) in [5.74, 6) is 0.373. The van der Waals surface area contributed by atoms with Gasteiger partial charge in [0, 0.05) is 6.04 Å². The summed E-state index contributed by atoms with van der Waals surface area (Å²) in [4.78, 5) is 0. The SMILES string of the molecule is CCC(C)C(C)(O)C1CCCCCN1. The van der Waals surface area contributed by atoms with Gasteiger partial charge in [-0.1, -0.05) is 33.1 Å². The van der Waals surface area contributed by atoms with Gasteiger partial charge in [-0.05, 0) is 32.2 Å². The summed E-state index contributed by atoms with van der Waals surface area (Å²) in [6, 6.07) is 0.292. The van der Waals surface area contributed by atoms with Crippen molar-refractivity contribution < 1.29 is 5.11 Å². The van der Waals surface area contributed by atoms with Crippen LogP contribution in [0.4, 0.5) is 0 Å². The largest absolute Gasteiger partial charge is 0.388 e. The number of aliphatic hydroxyl groups is 1. The summed E-state index contributed by atoms with van der Waals surface area (Å²) in [5, 5.41) is 14.0. The second-order valence-electron chi connectivity index (χ2n) is 4.89. The van der Waals surface area contributed by atoms with Crippen LogP contribution < -0.4 is 5.32 Å². The van der Waals surface area contributed by atoms with Crippen molar-refractivity contribution in [3.8, 4) is 0 Å². The minimum Gasteiger partial charge on any atom is -0.388 e. The highest BCUT2D eigenvalue weighted by atomic mass is 16.3. The van der Waals surface area contributed by atoms with E-state index in [0.717, 1.165) is 19.4 Å². The molecule has 0 aromatic carbocycles. The molecule has 0 radical (unpaired) electrons. The maximum Gasteiger partial charge on any atom is 0.0797 e. The van der Waals surface area contributed by atoms with Crippen LogP contribution in [0.15, 0.2) is 0 Å². The van der Waals surface area contributed by atoms with Gasteiger partial charge in [0.25, 0.3) is 0 Å². The normalized spacial score (nSPS) is 30.4. The second-order valence-corrected chi connectivity index (χ2v) is 4.89. The van der Waals surface area contributed by atoms with Gasteiger partial charge in [-0.15, -0.1) is 0 Å². The fourth-order valence-electron chi connectivity index (χ4n) is 2.28. The van der Waals surface area contributed by atoms with Crippen molar-refractivity contribution in [3.63, 3.8) is 0 Å². The third-order valence-corrected chi connectivity index (χ3v) is 3.88. The zero-order valence-electron chi connectivity index (χ0n) is 9.84. The molecule has 0 amide bonds. The maximum absolute atomic E-state index is 10.5. The van der Waals surface area contributed by atoms with Crippen molar-refractivity contribution in [2.24, 2.45) is 5.92 Å². The second kappa shape index (κ2) is 5.13. The Kier molecular flexibility index (Phi) is 4.39. The monoisotopic (exact) mass is 199 g/mol. The zero-order chi connectivity index (χ0) is 10.6. The van der Waals surface area contributed by atoms with Crippen LogP contribution in [0.5, 0.6) is 0 Å². The van der Waals surface area contributed by atoms with E-state index in [9.17, 15) is 5.11 Å². The molecule has 2 nitrogen and oxygen atoms in total. The van der Waals surface area contributed by atoms with Crippen molar-refractivity contribution in [1.29, 1.82) is 0 Å². The number of hydrogen-bond acceptors (Lipinski definition) is 2. The topological polar surface area (TPSA) is 32.3 Å². The Morgan fingerprint density at radius 2 is 2.14 bits per heavy atom. The Morgan fingerprint density at radius 3 is 2.79 bits per heavy atom. The van der Waals surface area contributed by atoms with Crippen LogP contribution in [-0.2, 0) is 0 Å². The molecule has 2 N–H and O–H groups in total. The number of rotatable bonds is 3. The molecule has 0 aromatic heterocycles. The van der Waals surface area contributed by atoms with Crippen LogP contribution in [0.2, 0.25) is 0 Å². The van der Waals surface area contributed by atoms with E-state index in [-0.39, 0.29) is 0 Å². The minimum absolute atomic E-state index is 0.292. The smallest absolute Gasteiger partial charge is 0.0797 e. The lowest BCUT2D eigenvalue weighted by atomic mass is 9.80. The van der Waals surface area contributed by atoms with Gasteiger partial charge < -0.3 is 10.4 Å². The summed E-state index contributed by atoms with van der Waals surface area (Å²) in [6.07, 6.45) is 5.99. The highest BCUT2D eigenvalue weighted by Crippen LogP contribution is 2.27. The van der Waals surface area contributed by atoms with Gasteiger partial charge in [0.2, 0.25) is 0 Å². The molecule has 2 heteroatoms. The van der Waals surface area contributed by atoms with Crippen LogP contribution in [0, 0.1) is 5.92 Å². The molecule has 3 atom stereocenters. The molecule has 0 saturated carbocycles. The maximum atomic E-state index is 10.5. The van der Waals surface area contributed by atoms with Crippen molar-refractivity contribution in [3.05, 3.63) is 0 Å². The Labute approximate surface area is 88.1 Å². The highest BCUT2D eigenvalue weighted by molar-refractivity contribution is 4.92. The van der Waals surface area contributed by atoms with Crippen molar-refractivity contribution >= 4 is 0 Å². The molecule has 3 unspecified atom stereocenters. The first kappa shape index (κ1) is 12.0. The standard InChI is InChI=1S/C12H25NO/c1-4-10(2)12(3,14)11-8-6-5-7-9-13-11/h10-11,13-14H,4-9H2,1-3H3. The van der Waals surface area contributed by atoms with Crippen molar-refractivity contribution in [2.45, 2.75) is 64.5 Å². The molecule has 1 aliphatic heterocycles. The van der Waals surface area contributed by atoms with E-state index < -0.39 is 5.60 Å². The van der Waals surface area contributed by atoms with Gasteiger partial charge in [-0.3, -0.25) is 0 Å². The van der Waals surface area contributed by atoms with Crippen LogP contribution in [-0.4, -0.2) is 23.3 Å². The van der Waals surface area contributed by atoms with Crippen LogP contribution in [0.25, 0.3) is 0 Å². The average Bonchev–Trinajstić information content (AvgIpc) is 2.44. The van der Waals surface area contributed by atoms with Crippen LogP contribution in [0.1, 0.15) is 52.9 Å². The van der Waals surface area contributed by atoms with E-state index in [1.165, 1.54) is 19.3 Å². The molecule has 14 heavy (non-hydrogen) atoms.